The van der Waals surface area contributed by atoms with Gasteiger partial charge in [-0.3, -0.25) is 4.79 Å². The number of aliphatic hydroxyl groups excluding tert-OH is 1. The fourth-order valence-electron chi connectivity index (χ4n) is 3.20. The fraction of sp³-hybridized carbons (Fsp3) is 0.391. The third kappa shape index (κ3) is 6.10. The number of carbonyl (C=O) groups is 2. The molecule has 3 rings (SSSR count). The van der Waals surface area contributed by atoms with Crippen molar-refractivity contribution in [3.8, 4) is 0 Å². The minimum Gasteiger partial charge on any atom is -0.386 e. The smallest absolute Gasteiger partial charge is 0.322 e. The van der Waals surface area contributed by atoms with Crippen LogP contribution in [0.4, 0.5) is 10.5 Å². The van der Waals surface area contributed by atoms with Crippen molar-refractivity contribution in [1.29, 1.82) is 0 Å². The van der Waals surface area contributed by atoms with Crippen LogP contribution in [-0.2, 0) is 11.3 Å². The molecule has 3 amide bonds. The van der Waals surface area contributed by atoms with Crippen LogP contribution in [-0.4, -0.2) is 39.6 Å². The lowest BCUT2D eigenvalue weighted by Gasteiger charge is -2.28. The van der Waals surface area contributed by atoms with Gasteiger partial charge in [0.25, 0.3) is 0 Å². The Morgan fingerprint density at radius 3 is 2.47 bits per heavy atom. The van der Waals surface area contributed by atoms with Crippen LogP contribution in [0.2, 0.25) is 10.0 Å². The molecule has 1 fully saturated rings. The minimum atomic E-state index is -0.876. The number of hydrogen-bond donors (Lipinski definition) is 3. The number of amides is 3. The molecule has 1 saturated heterocycles. The van der Waals surface area contributed by atoms with Gasteiger partial charge in [-0.1, -0.05) is 62.2 Å². The summed E-state index contributed by atoms with van der Waals surface area (Å²) in [5.41, 5.74) is 1.75. The van der Waals surface area contributed by atoms with E-state index in [-0.39, 0.29) is 18.0 Å². The molecule has 0 aromatic heterocycles. The summed E-state index contributed by atoms with van der Waals surface area (Å²) in [6, 6.07) is 11.6. The molecule has 9 heteroatoms. The zero-order chi connectivity index (χ0) is 23.5. The minimum absolute atomic E-state index is 0.0204. The van der Waals surface area contributed by atoms with Crippen LogP contribution < -0.4 is 10.6 Å². The highest BCUT2D eigenvalue weighted by Gasteiger charge is 2.35. The van der Waals surface area contributed by atoms with Gasteiger partial charge in [0.1, 0.15) is 6.10 Å². The largest absolute Gasteiger partial charge is 0.386 e. The molecule has 0 unspecified atom stereocenters. The Labute approximate surface area is 202 Å². The monoisotopic (exact) mass is 495 g/mol. The Hall–Kier alpha value is -1.93. The molecule has 6 nitrogen and oxygen atoms in total. The summed E-state index contributed by atoms with van der Waals surface area (Å²) in [7, 11) is 0. The first-order valence-corrected chi connectivity index (χ1v) is 12.1. The molecule has 1 heterocycles. The van der Waals surface area contributed by atoms with Crippen molar-refractivity contribution in [3.63, 3.8) is 0 Å². The first-order chi connectivity index (χ1) is 15.1. The molecular weight excluding hydrogens is 469 g/mol. The van der Waals surface area contributed by atoms with E-state index in [1.165, 1.54) is 0 Å². The predicted molar refractivity (Wildman–Crippen MR) is 131 cm³/mol. The molecule has 3 N–H and O–H groups in total. The summed E-state index contributed by atoms with van der Waals surface area (Å²) in [6.07, 6.45) is -0.876. The summed E-state index contributed by atoms with van der Waals surface area (Å²) in [5, 5.41) is 17.4. The van der Waals surface area contributed by atoms with E-state index < -0.39 is 11.5 Å². The number of urea groups is 1. The van der Waals surface area contributed by atoms with Gasteiger partial charge in [-0.05, 0) is 35.4 Å². The van der Waals surface area contributed by atoms with Crippen molar-refractivity contribution in [3.05, 3.63) is 63.6 Å². The number of nitrogens with zero attached hydrogens (tertiary/aromatic N) is 1. The van der Waals surface area contributed by atoms with E-state index in [1.54, 1.807) is 47.0 Å². The Kier molecular flexibility index (Phi) is 7.98. The number of benzene rings is 2. The zero-order valence-corrected chi connectivity index (χ0v) is 20.5. The van der Waals surface area contributed by atoms with Crippen LogP contribution in [0.5, 0.6) is 0 Å². The quantitative estimate of drug-likeness (QED) is 0.525. The van der Waals surface area contributed by atoms with E-state index in [4.69, 9.17) is 23.2 Å². The van der Waals surface area contributed by atoms with Crippen molar-refractivity contribution in [1.82, 2.24) is 10.2 Å². The topological polar surface area (TPSA) is 81.7 Å². The maximum atomic E-state index is 12.9. The van der Waals surface area contributed by atoms with Crippen molar-refractivity contribution in [2.45, 2.75) is 39.5 Å². The van der Waals surface area contributed by atoms with Crippen molar-refractivity contribution >= 4 is 52.6 Å². The molecule has 1 aliphatic rings. The second-order valence-corrected chi connectivity index (χ2v) is 10.5. The van der Waals surface area contributed by atoms with Crippen LogP contribution >= 0.6 is 35.0 Å². The molecule has 0 spiro atoms. The molecule has 32 heavy (non-hydrogen) atoms. The highest BCUT2D eigenvalue weighted by Crippen LogP contribution is 2.33. The molecule has 1 aliphatic heterocycles. The number of hydrogen-bond acceptors (Lipinski definition) is 4. The van der Waals surface area contributed by atoms with Gasteiger partial charge in [0.15, 0.2) is 0 Å². The van der Waals surface area contributed by atoms with Crippen molar-refractivity contribution < 1.29 is 14.7 Å². The second kappa shape index (κ2) is 10.3. The second-order valence-electron chi connectivity index (χ2n) is 8.72. The molecule has 2 aromatic carbocycles. The third-order valence-corrected chi connectivity index (χ3v) is 6.95. The van der Waals surface area contributed by atoms with Gasteiger partial charge in [0, 0.05) is 23.4 Å². The van der Waals surface area contributed by atoms with E-state index >= 15 is 0 Å². The number of thioether (sulfide) groups is 1. The molecule has 0 saturated carbocycles. The van der Waals surface area contributed by atoms with Gasteiger partial charge in [-0.15, -0.1) is 11.8 Å². The van der Waals surface area contributed by atoms with E-state index in [1.807, 2.05) is 32.9 Å². The lowest BCUT2D eigenvalue weighted by molar-refractivity contribution is -0.128. The van der Waals surface area contributed by atoms with Crippen molar-refractivity contribution in [2.75, 3.05) is 16.9 Å². The summed E-state index contributed by atoms with van der Waals surface area (Å²) in [4.78, 5) is 26.5. The Bertz CT molecular complexity index is 979. The van der Waals surface area contributed by atoms with E-state index in [2.05, 4.69) is 10.6 Å². The first kappa shape index (κ1) is 24.7. The highest BCUT2D eigenvalue weighted by atomic mass is 35.5. The normalized spacial score (nSPS) is 17.2. The van der Waals surface area contributed by atoms with Crippen LogP contribution in [0.3, 0.4) is 0 Å². The molecule has 2 aromatic rings. The Morgan fingerprint density at radius 1 is 1.16 bits per heavy atom. The van der Waals surface area contributed by atoms with Gasteiger partial charge >= 0.3 is 6.03 Å². The Balaban J connectivity index is 1.60. The number of anilines is 1. The van der Waals surface area contributed by atoms with Crippen LogP contribution in [0.1, 0.15) is 38.0 Å². The fourth-order valence-corrected chi connectivity index (χ4v) is 4.72. The standard InChI is InChI=1S/C23H27Cl2N3O3S/c1-23(2,3)21(30)26-11-14-4-7-16(8-5-14)27-22(31)28-13-32-12-19(28)20(29)15-6-9-17(24)18(25)10-15/h4-10,19-20,29H,11-13H2,1-3H3,(H,26,30)(H,27,31)/t19-,20+/m1/s1. The van der Waals surface area contributed by atoms with E-state index in [0.717, 1.165) is 5.56 Å². The molecular formula is C23H27Cl2N3O3S. The van der Waals surface area contributed by atoms with E-state index in [9.17, 15) is 14.7 Å². The Morgan fingerprint density at radius 2 is 1.84 bits per heavy atom. The molecule has 0 aliphatic carbocycles. The predicted octanol–water partition coefficient (Wildman–Crippen LogP) is 5.30. The zero-order valence-electron chi connectivity index (χ0n) is 18.2. The average Bonchev–Trinajstić information content (AvgIpc) is 3.24. The number of rotatable bonds is 5. The molecule has 2 atom stereocenters. The van der Waals surface area contributed by atoms with Gasteiger partial charge in [0.05, 0.1) is 22.0 Å². The summed E-state index contributed by atoms with van der Waals surface area (Å²) in [6.45, 7) is 6.01. The maximum absolute atomic E-state index is 12.9. The SMILES string of the molecule is CC(C)(C)C(=O)NCc1ccc(NC(=O)N2CSC[C@@H]2[C@@H](O)c2ccc(Cl)c(Cl)c2)cc1. The number of carbonyl (C=O) groups excluding carboxylic acids is 2. The first-order valence-electron chi connectivity index (χ1n) is 10.2. The summed E-state index contributed by atoms with van der Waals surface area (Å²) >= 11 is 13.6. The number of aliphatic hydroxyl groups is 1. The molecule has 0 bridgehead atoms. The molecule has 172 valence electrons. The average molecular weight is 496 g/mol. The number of nitrogens with one attached hydrogen (secondary N) is 2. The van der Waals surface area contributed by atoms with Gasteiger partial charge in [0.2, 0.25) is 5.91 Å². The van der Waals surface area contributed by atoms with Crippen LogP contribution in [0.15, 0.2) is 42.5 Å². The van der Waals surface area contributed by atoms with Crippen LogP contribution in [0, 0.1) is 5.41 Å². The lowest BCUT2D eigenvalue weighted by atomic mass is 9.95. The van der Waals surface area contributed by atoms with E-state index in [0.29, 0.717) is 39.5 Å². The van der Waals surface area contributed by atoms with Crippen LogP contribution in [0.25, 0.3) is 0 Å². The third-order valence-electron chi connectivity index (χ3n) is 5.17. The lowest BCUT2D eigenvalue weighted by Crippen LogP contribution is -2.42. The number of halogens is 2. The molecule has 0 radical (unpaired) electrons. The summed E-state index contributed by atoms with van der Waals surface area (Å²) < 4.78 is 0. The summed E-state index contributed by atoms with van der Waals surface area (Å²) in [5.74, 6) is 1.07. The van der Waals surface area contributed by atoms with Crippen molar-refractivity contribution in [2.24, 2.45) is 5.41 Å². The van der Waals surface area contributed by atoms with Gasteiger partial charge < -0.3 is 20.6 Å². The maximum Gasteiger partial charge on any atom is 0.322 e. The van der Waals surface area contributed by atoms with Gasteiger partial charge in [-0.2, -0.15) is 0 Å². The highest BCUT2D eigenvalue weighted by molar-refractivity contribution is 7.99. The van der Waals surface area contributed by atoms with Gasteiger partial charge in [-0.25, -0.2) is 4.79 Å².